The van der Waals surface area contributed by atoms with Crippen LogP contribution in [0.2, 0.25) is 0 Å². The van der Waals surface area contributed by atoms with E-state index < -0.39 is 0 Å². The minimum atomic E-state index is 0. The molecule has 1 aromatic carbocycles. The molecule has 0 radical (unpaired) electrons. The fourth-order valence-corrected chi connectivity index (χ4v) is 4.47. The third kappa shape index (κ3) is 13.1. The molecule has 0 heterocycles. The zero-order valence-electron chi connectivity index (χ0n) is 15.1. The van der Waals surface area contributed by atoms with Gasteiger partial charge in [-0.25, -0.2) is 0 Å². The predicted octanol–water partition coefficient (Wildman–Crippen LogP) is 7.46. The molecule has 1 saturated carbocycles. The Balaban J connectivity index is -0.000000441. The second-order valence-corrected chi connectivity index (χ2v) is 7.65. The Bertz CT molecular complexity index is 356. The number of unbranched alkanes of at least 4 members (excludes halogenated alkanes) is 4. The van der Waals surface area contributed by atoms with Crippen LogP contribution < -0.4 is 0 Å². The van der Waals surface area contributed by atoms with Crippen molar-refractivity contribution in [1.82, 2.24) is 0 Å². The first-order valence-electron chi connectivity index (χ1n) is 8.60. The van der Waals surface area contributed by atoms with E-state index in [0.717, 1.165) is 11.2 Å². The number of rotatable bonds is 8. The smallest absolute Gasteiger partial charge is 0.00946 e. The van der Waals surface area contributed by atoms with Gasteiger partial charge in [0.15, 0.2) is 0 Å². The van der Waals surface area contributed by atoms with Gasteiger partial charge in [0, 0.05) is 10.1 Å². The van der Waals surface area contributed by atoms with Crippen molar-refractivity contribution in [2.75, 3.05) is 0 Å². The summed E-state index contributed by atoms with van der Waals surface area (Å²) in [6, 6.07) is 10.9. The first kappa shape index (κ1) is 31.9. The number of hydrogen-bond acceptors (Lipinski definition) is 1. The zero-order chi connectivity index (χ0) is 14.0. The molecule has 1 fully saturated rings. The Morgan fingerprint density at radius 2 is 1.32 bits per heavy atom. The summed E-state index contributed by atoms with van der Waals surface area (Å²) in [5.74, 6) is 1.03. The highest BCUT2D eigenvalue weighted by molar-refractivity contribution is 8.00. The van der Waals surface area contributed by atoms with E-state index >= 15 is 0 Å². The van der Waals surface area contributed by atoms with E-state index in [2.05, 4.69) is 49.0 Å². The van der Waals surface area contributed by atoms with Crippen LogP contribution in [0, 0.1) is 5.92 Å². The maximum absolute atomic E-state index is 2.30. The van der Waals surface area contributed by atoms with Crippen LogP contribution in [0.1, 0.15) is 71.1 Å². The maximum Gasteiger partial charge on any atom is 0.00946 e. The lowest BCUT2D eigenvalue weighted by Gasteiger charge is -2.28. The van der Waals surface area contributed by atoms with E-state index in [1.807, 2.05) is 0 Å². The minimum absolute atomic E-state index is 0. The molecule has 0 atom stereocenters. The lowest BCUT2D eigenvalue weighted by atomic mass is 9.85. The lowest BCUT2D eigenvalue weighted by Crippen LogP contribution is -2.16. The molecule has 0 nitrogen and oxygen atoms in total. The summed E-state index contributed by atoms with van der Waals surface area (Å²) < 4.78 is 0. The van der Waals surface area contributed by atoms with Gasteiger partial charge in [-0.15, -0.1) is 11.8 Å². The van der Waals surface area contributed by atoms with Crippen LogP contribution in [0.15, 0.2) is 35.2 Å². The summed E-state index contributed by atoms with van der Waals surface area (Å²) in [6.07, 6.45) is 14.5. The first-order valence-corrected chi connectivity index (χ1v) is 9.48. The zero-order valence-corrected chi connectivity index (χ0v) is 15.9. The predicted molar refractivity (Wildman–Crippen MR) is 104 cm³/mol. The summed E-state index contributed by atoms with van der Waals surface area (Å²) in [7, 11) is 0. The summed E-state index contributed by atoms with van der Waals surface area (Å²) in [5, 5.41) is 0.869. The van der Waals surface area contributed by atoms with Crippen LogP contribution in [0.25, 0.3) is 0 Å². The van der Waals surface area contributed by atoms with Gasteiger partial charge in [0.1, 0.15) is 0 Å². The van der Waals surface area contributed by atoms with E-state index in [1.165, 1.54) is 69.1 Å². The van der Waals surface area contributed by atoms with Gasteiger partial charge in [-0.05, 0) is 43.7 Å². The molecule has 1 aliphatic rings. The van der Waals surface area contributed by atoms with Gasteiger partial charge in [0.05, 0.1) is 0 Å². The van der Waals surface area contributed by atoms with Crippen LogP contribution in [0.5, 0.6) is 0 Å². The maximum atomic E-state index is 2.30. The molecule has 0 spiro atoms. The molecular weight excluding hydrogens is 355 g/mol. The first-order chi connectivity index (χ1) is 9.88. The molecule has 0 aliphatic heterocycles. The molecule has 0 saturated heterocycles. The van der Waals surface area contributed by atoms with Crippen molar-refractivity contribution in [3.8, 4) is 0 Å². The van der Waals surface area contributed by atoms with Gasteiger partial charge in [0.25, 0.3) is 0 Å². The number of halogens is 5. The average molecular weight is 391 g/mol. The van der Waals surface area contributed by atoms with E-state index in [-0.39, 0.29) is 23.5 Å². The van der Waals surface area contributed by atoms with Crippen molar-refractivity contribution in [3.05, 3.63) is 30.3 Å². The van der Waals surface area contributed by atoms with Gasteiger partial charge in [-0.1, -0.05) is 63.6 Å². The SMILES string of the molecule is CCCCCCCC1CCC(Sc2ccccc2)CC1.F.F.F.F.F. The van der Waals surface area contributed by atoms with Crippen LogP contribution in [-0.4, -0.2) is 5.25 Å². The number of thioether (sulfide) groups is 1. The highest BCUT2D eigenvalue weighted by Gasteiger charge is 2.21. The molecule has 6 heteroatoms. The number of benzene rings is 1. The second-order valence-electron chi connectivity index (χ2n) is 6.28. The Kier molecular flexibility index (Phi) is 25.0. The van der Waals surface area contributed by atoms with E-state index in [9.17, 15) is 0 Å². The topological polar surface area (TPSA) is 0 Å². The van der Waals surface area contributed by atoms with Crippen molar-refractivity contribution in [1.29, 1.82) is 0 Å². The van der Waals surface area contributed by atoms with Gasteiger partial charge in [0.2, 0.25) is 0 Å². The van der Waals surface area contributed by atoms with Crippen LogP contribution >= 0.6 is 11.8 Å². The molecule has 0 N–H and O–H groups in total. The quantitative estimate of drug-likeness (QED) is 0.328. The summed E-state index contributed by atoms with van der Waals surface area (Å²) in [4.78, 5) is 1.45. The monoisotopic (exact) mass is 390 g/mol. The van der Waals surface area contributed by atoms with Crippen molar-refractivity contribution >= 4 is 11.8 Å². The molecule has 0 aromatic heterocycles. The van der Waals surface area contributed by atoms with Gasteiger partial charge in [-0.3, -0.25) is 23.5 Å². The van der Waals surface area contributed by atoms with Gasteiger partial charge in [-0.2, -0.15) is 0 Å². The van der Waals surface area contributed by atoms with Crippen molar-refractivity contribution < 1.29 is 23.5 Å². The highest BCUT2D eigenvalue weighted by atomic mass is 32.2. The molecule has 0 bridgehead atoms. The molecule has 25 heavy (non-hydrogen) atoms. The fourth-order valence-electron chi connectivity index (χ4n) is 3.27. The Morgan fingerprint density at radius 3 is 1.88 bits per heavy atom. The summed E-state index contributed by atoms with van der Waals surface area (Å²) in [5.41, 5.74) is 0. The minimum Gasteiger partial charge on any atom is -0.269 e. The molecule has 0 amide bonds. The Labute approximate surface area is 153 Å². The largest absolute Gasteiger partial charge is 0.269 e. The molecule has 0 unspecified atom stereocenters. The summed E-state index contributed by atoms with van der Waals surface area (Å²) in [6.45, 7) is 2.30. The van der Waals surface area contributed by atoms with Crippen LogP contribution in [0.4, 0.5) is 23.5 Å². The van der Waals surface area contributed by atoms with Gasteiger partial charge < -0.3 is 0 Å². The normalized spacial score (nSPS) is 18.3. The molecular formula is C19H35F5S. The second kappa shape index (κ2) is 19.5. The van der Waals surface area contributed by atoms with Crippen molar-refractivity contribution in [2.24, 2.45) is 5.92 Å². The Morgan fingerprint density at radius 1 is 0.760 bits per heavy atom. The average Bonchev–Trinajstić information content (AvgIpc) is 2.50. The Hall–Kier alpha value is -0.780. The third-order valence-corrected chi connectivity index (χ3v) is 5.90. The van der Waals surface area contributed by atoms with Crippen molar-refractivity contribution in [3.63, 3.8) is 0 Å². The molecule has 2 rings (SSSR count). The van der Waals surface area contributed by atoms with Crippen LogP contribution in [-0.2, 0) is 0 Å². The van der Waals surface area contributed by atoms with E-state index in [4.69, 9.17) is 0 Å². The molecule has 152 valence electrons. The lowest BCUT2D eigenvalue weighted by molar-refractivity contribution is 0.334. The number of hydrogen-bond donors (Lipinski definition) is 0. The van der Waals surface area contributed by atoms with E-state index in [1.54, 1.807) is 0 Å². The van der Waals surface area contributed by atoms with Crippen molar-refractivity contribution in [2.45, 2.75) is 81.3 Å². The van der Waals surface area contributed by atoms with Gasteiger partial charge >= 0.3 is 0 Å². The fraction of sp³-hybridized carbons (Fsp3) is 0.684. The molecule has 1 aromatic rings. The van der Waals surface area contributed by atoms with E-state index in [0.29, 0.717) is 0 Å². The molecule has 1 aliphatic carbocycles. The standard InChI is InChI=1S/C19H30S.5FH/c1-2-3-4-5-7-10-17-13-15-19(16-14-17)20-18-11-8-6-9-12-18;;;;;/h6,8-9,11-12,17,19H,2-5,7,10,13-16H2,1H3;5*1H. The summed E-state index contributed by atoms with van der Waals surface area (Å²) >= 11 is 2.10. The van der Waals surface area contributed by atoms with Crippen LogP contribution in [0.3, 0.4) is 0 Å². The third-order valence-electron chi connectivity index (χ3n) is 4.56. The highest BCUT2D eigenvalue weighted by Crippen LogP contribution is 2.37.